The van der Waals surface area contributed by atoms with Crippen LogP contribution in [0.3, 0.4) is 0 Å². The van der Waals surface area contributed by atoms with Crippen LogP contribution in [0.15, 0.2) is 24.3 Å². The van der Waals surface area contributed by atoms with Crippen LogP contribution in [0.4, 0.5) is 5.69 Å². The van der Waals surface area contributed by atoms with Crippen molar-refractivity contribution in [2.24, 2.45) is 5.92 Å². The van der Waals surface area contributed by atoms with Gasteiger partial charge in [0.1, 0.15) is 0 Å². The largest absolute Gasteiger partial charge is 0.326 e. The smallest absolute Gasteiger partial charge is 0.227 e. The summed E-state index contributed by atoms with van der Waals surface area (Å²) >= 11 is 0. The van der Waals surface area contributed by atoms with Gasteiger partial charge in [0.2, 0.25) is 5.91 Å². The molecule has 0 atom stereocenters. The van der Waals surface area contributed by atoms with Crippen molar-refractivity contribution >= 4 is 11.6 Å². The second-order valence-corrected chi connectivity index (χ2v) is 3.84. The number of carbonyl (C=O) groups excluding carboxylic acids is 1. The number of nitrogens with one attached hydrogen (secondary N) is 1. The normalized spacial score (nSPS) is 15.1. The van der Waals surface area contributed by atoms with Gasteiger partial charge in [0, 0.05) is 17.2 Å². The lowest BCUT2D eigenvalue weighted by atomic mass is 9.85. The van der Waals surface area contributed by atoms with E-state index >= 15 is 0 Å². The highest BCUT2D eigenvalue weighted by Crippen LogP contribution is 2.27. The molecule has 0 aliphatic heterocycles. The van der Waals surface area contributed by atoms with E-state index in [0.29, 0.717) is 0 Å². The summed E-state index contributed by atoms with van der Waals surface area (Å²) in [6, 6.07) is 7.34. The van der Waals surface area contributed by atoms with Crippen LogP contribution in [0.5, 0.6) is 0 Å². The van der Waals surface area contributed by atoms with E-state index in [-0.39, 0.29) is 11.8 Å². The van der Waals surface area contributed by atoms with Gasteiger partial charge in [-0.1, -0.05) is 12.3 Å². The lowest BCUT2D eigenvalue weighted by Gasteiger charge is -2.23. The van der Waals surface area contributed by atoms with E-state index < -0.39 is 0 Å². The number of terminal acetylenes is 1. The maximum atomic E-state index is 11.6. The van der Waals surface area contributed by atoms with Gasteiger partial charge in [0.15, 0.2) is 0 Å². The minimum atomic E-state index is 0.134. The van der Waals surface area contributed by atoms with Crippen LogP contribution in [0, 0.1) is 18.3 Å². The first-order chi connectivity index (χ1) is 7.29. The molecule has 1 aliphatic carbocycles. The van der Waals surface area contributed by atoms with E-state index in [2.05, 4.69) is 11.2 Å². The van der Waals surface area contributed by atoms with Gasteiger partial charge in [0.25, 0.3) is 0 Å². The minimum Gasteiger partial charge on any atom is -0.326 e. The highest BCUT2D eigenvalue weighted by atomic mass is 16.1. The van der Waals surface area contributed by atoms with Crippen LogP contribution in [-0.4, -0.2) is 5.91 Å². The van der Waals surface area contributed by atoms with E-state index in [9.17, 15) is 4.79 Å². The van der Waals surface area contributed by atoms with Gasteiger partial charge in [-0.05, 0) is 37.1 Å². The monoisotopic (exact) mass is 199 g/mol. The number of rotatable bonds is 2. The summed E-state index contributed by atoms with van der Waals surface area (Å²) in [5.41, 5.74) is 1.66. The van der Waals surface area contributed by atoms with Gasteiger partial charge in [-0.15, -0.1) is 6.42 Å². The van der Waals surface area contributed by atoms with Crippen LogP contribution < -0.4 is 5.32 Å². The summed E-state index contributed by atoms with van der Waals surface area (Å²) in [5, 5.41) is 2.89. The molecule has 0 bridgehead atoms. The number of amides is 1. The average Bonchev–Trinajstić information content (AvgIpc) is 2.16. The van der Waals surface area contributed by atoms with Crippen LogP contribution >= 0.6 is 0 Å². The summed E-state index contributed by atoms with van der Waals surface area (Å²) in [4.78, 5) is 11.6. The molecule has 1 N–H and O–H groups in total. The quantitative estimate of drug-likeness (QED) is 0.728. The van der Waals surface area contributed by atoms with Crippen LogP contribution in [0.1, 0.15) is 24.8 Å². The number of benzene rings is 1. The molecule has 0 unspecified atom stereocenters. The fourth-order valence-corrected chi connectivity index (χ4v) is 1.56. The Labute approximate surface area is 89.7 Å². The molecule has 0 aromatic heterocycles. The fourth-order valence-electron chi connectivity index (χ4n) is 1.56. The molecule has 1 aliphatic rings. The van der Waals surface area contributed by atoms with Crippen molar-refractivity contribution in [2.75, 3.05) is 5.32 Å². The standard InChI is InChI=1S/C13H13NO/c1-2-10-6-8-12(9-7-10)14-13(15)11-4-3-5-11/h1,6-9,11H,3-5H2,(H,14,15). The second-order valence-electron chi connectivity index (χ2n) is 3.84. The number of hydrogen-bond acceptors (Lipinski definition) is 1. The topological polar surface area (TPSA) is 29.1 Å². The van der Waals surface area contributed by atoms with Gasteiger partial charge >= 0.3 is 0 Å². The zero-order valence-electron chi connectivity index (χ0n) is 8.49. The van der Waals surface area contributed by atoms with E-state index in [1.807, 2.05) is 24.3 Å². The molecule has 1 amide bonds. The van der Waals surface area contributed by atoms with Gasteiger partial charge in [0.05, 0.1) is 0 Å². The first-order valence-corrected chi connectivity index (χ1v) is 5.17. The van der Waals surface area contributed by atoms with Crippen LogP contribution in [0.2, 0.25) is 0 Å². The third-order valence-corrected chi connectivity index (χ3v) is 2.80. The first kappa shape index (κ1) is 9.79. The van der Waals surface area contributed by atoms with Crippen molar-refractivity contribution in [3.8, 4) is 12.3 Å². The number of anilines is 1. The van der Waals surface area contributed by atoms with Gasteiger partial charge in [-0.25, -0.2) is 0 Å². The Balaban J connectivity index is 1.98. The predicted molar refractivity (Wildman–Crippen MR) is 60.3 cm³/mol. The van der Waals surface area contributed by atoms with Crippen molar-refractivity contribution in [1.29, 1.82) is 0 Å². The second kappa shape index (κ2) is 4.18. The third-order valence-electron chi connectivity index (χ3n) is 2.80. The zero-order chi connectivity index (χ0) is 10.7. The molecular weight excluding hydrogens is 186 g/mol. The Kier molecular flexibility index (Phi) is 2.73. The molecule has 0 radical (unpaired) electrons. The molecule has 0 spiro atoms. The van der Waals surface area contributed by atoms with Crippen molar-refractivity contribution in [1.82, 2.24) is 0 Å². The van der Waals surface area contributed by atoms with E-state index in [4.69, 9.17) is 6.42 Å². The molecule has 1 saturated carbocycles. The number of carbonyl (C=O) groups is 1. The number of hydrogen-bond donors (Lipinski definition) is 1. The summed E-state index contributed by atoms with van der Waals surface area (Å²) in [6.45, 7) is 0. The molecule has 0 saturated heterocycles. The maximum absolute atomic E-state index is 11.6. The zero-order valence-corrected chi connectivity index (χ0v) is 8.49. The van der Waals surface area contributed by atoms with Gasteiger partial charge < -0.3 is 5.32 Å². The highest BCUT2D eigenvalue weighted by molar-refractivity contribution is 5.93. The predicted octanol–water partition coefficient (Wildman–Crippen LogP) is 2.41. The highest BCUT2D eigenvalue weighted by Gasteiger charge is 2.24. The Hall–Kier alpha value is -1.75. The lowest BCUT2D eigenvalue weighted by Crippen LogP contribution is -2.27. The van der Waals surface area contributed by atoms with Crippen molar-refractivity contribution in [3.05, 3.63) is 29.8 Å². The van der Waals surface area contributed by atoms with E-state index in [1.54, 1.807) is 0 Å². The molecule has 1 fully saturated rings. The molecular formula is C13H13NO. The summed E-state index contributed by atoms with van der Waals surface area (Å²) in [5.74, 6) is 2.89. The maximum Gasteiger partial charge on any atom is 0.227 e. The third kappa shape index (κ3) is 2.19. The minimum absolute atomic E-state index is 0.134. The fraction of sp³-hybridized carbons (Fsp3) is 0.308. The molecule has 2 nitrogen and oxygen atoms in total. The molecule has 1 aromatic rings. The Morgan fingerprint density at radius 1 is 1.33 bits per heavy atom. The SMILES string of the molecule is C#Cc1ccc(NC(=O)C2CCC2)cc1. The van der Waals surface area contributed by atoms with Crippen molar-refractivity contribution in [2.45, 2.75) is 19.3 Å². The molecule has 0 heterocycles. The molecule has 2 heteroatoms. The summed E-state index contributed by atoms with van der Waals surface area (Å²) in [7, 11) is 0. The molecule has 15 heavy (non-hydrogen) atoms. The van der Waals surface area contributed by atoms with Crippen LogP contribution in [0.25, 0.3) is 0 Å². The first-order valence-electron chi connectivity index (χ1n) is 5.17. The van der Waals surface area contributed by atoms with Gasteiger partial charge in [-0.3, -0.25) is 4.79 Å². The molecule has 2 rings (SSSR count). The Morgan fingerprint density at radius 3 is 2.47 bits per heavy atom. The Morgan fingerprint density at radius 2 is 2.00 bits per heavy atom. The van der Waals surface area contributed by atoms with Crippen molar-refractivity contribution in [3.63, 3.8) is 0 Å². The summed E-state index contributed by atoms with van der Waals surface area (Å²) < 4.78 is 0. The van der Waals surface area contributed by atoms with Crippen LogP contribution in [-0.2, 0) is 4.79 Å². The van der Waals surface area contributed by atoms with Crippen molar-refractivity contribution < 1.29 is 4.79 Å². The summed E-state index contributed by atoms with van der Waals surface area (Å²) in [6.07, 6.45) is 8.46. The van der Waals surface area contributed by atoms with Gasteiger partial charge in [-0.2, -0.15) is 0 Å². The lowest BCUT2D eigenvalue weighted by molar-refractivity contribution is -0.122. The molecule has 1 aromatic carbocycles. The van der Waals surface area contributed by atoms with E-state index in [0.717, 1.165) is 24.1 Å². The average molecular weight is 199 g/mol. The van der Waals surface area contributed by atoms with E-state index in [1.165, 1.54) is 6.42 Å². The Bertz CT molecular complexity index is 396. The molecule has 76 valence electrons.